The number of rotatable bonds is 6. The lowest BCUT2D eigenvalue weighted by Crippen LogP contribution is -2.08. The Morgan fingerprint density at radius 3 is 2.93 bits per heavy atom. The first-order valence-electron chi connectivity index (χ1n) is 8.27. The highest BCUT2D eigenvalue weighted by Crippen LogP contribution is 2.25. The minimum atomic E-state index is -0.173. The second kappa shape index (κ2) is 7.61. The first kappa shape index (κ1) is 17.9. The third kappa shape index (κ3) is 3.77. The number of halogens is 1. The first-order chi connectivity index (χ1) is 13.6. The van der Waals surface area contributed by atoms with Crippen molar-refractivity contribution in [3.8, 4) is 17.4 Å². The summed E-state index contributed by atoms with van der Waals surface area (Å²) in [5.74, 6) is 1.13. The highest BCUT2D eigenvalue weighted by molar-refractivity contribution is 6.30. The molecule has 0 fully saturated rings. The van der Waals surface area contributed by atoms with Crippen molar-refractivity contribution in [2.75, 3.05) is 7.11 Å². The molecule has 0 saturated heterocycles. The summed E-state index contributed by atoms with van der Waals surface area (Å²) >= 11 is 5.94. The standard InChI is InChI=1S/C19H14ClN5O3/c1-27-18-4-2-3-13(24-18)6-17(26)16-7-15(10-25-19(16)22-11-23-25)28-14-5-12(20)8-21-9-14/h2-5,7-11H,6H2,1H3. The molecular formula is C19H14ClN5O3. The number of carbonyl (C=O) groups is 1. The predicted molar refractivity (Wildman–Crippen MR) is 101 cm³/mol. The van der Waals surface area contributed by atoms with E-state index in [9.17, 15) is 4.79 Å². The van der Waals surface area contributed by atoms with Crippen molar-refractivity contribution >= 4 is 23.0 Å². The highest BCUT2D eigenvalue weighted by atomic mass is 35.5. The van der Waals surface area contributed by atoms with Gasteiger partial charge in [0.1, 0.15) is 17.8 Å². The molecule has 4 aromatic heterocycles. The van der Waals surface area contributed by atoms with Gasteiger partial charge < -0.3 is 9.47 Å². The summed E-state index contributed by atoms with van der Waals surface area (Å²) in [7, 11) is 1.53. The number of aromatic nitrogens is 5. The molecule has 0 aliphatic heterocycles. The molecule has 0 aromatic carbocycles. The number of pyridine rings is 3. The van der Waals surface area contributed by atoms with E-state index in [1.807, 2.05) is 0 Å². The Bertz CT molecular complexity index is 1160. The maximum Gasteiger partial charge on any atom is 0.213 e. The third-order valence-electron chi connectivity index (χ3n) is 3.90. The Morgan fingerprint density at radius 2 is 2.11 bits per heavy atom. The number of Topliss-reactive ketones (excluding diaryl/α,β-unsaturated/α-hetero) is 1. The van der Waals surface area contributed by atoms with E-state index in [4.69, 9.17) is 21.1 Å². The molecule has 0 atom stereocenters. The smallest absolute Gasteiger partial charge is 0.213 e. The minimum Gasteiger partial charge on any atom is -0.481 e. The molecule has 0 saturated carbocycles. The second-order valence-corrected chi connectivity index (χ2v) is 6.27. The van der Waals surface area contributed by atoms with E-state index in [-0.39, 0.29) is 12.2 Å². The fourth-order valence-corrected chi connectivity index (χ4v) is 2.84. The number of hydrogen-bond donors (Lipinski definition) is 0. The van der Waals surface area contributed by atoms with Crippen LogP contribution in [-0.4, -0.2) is 37.5 Å². The van der Waals surface area contributed by atoms with E-state index >= 15 is 0 Å². The molecule has 8 nitrogen and oxygen atoms in total. The van der Waals surface area contributed by atoms with E-state index in [1.54, 1.807) is 36.5 Å². The fourth-order valence-electron chi connectivity index (χ4n) is 2.68. The summed E-state index contributed by atoms with van der Waals surface area (Å²) < 4.78 is 12.4. The molecule has 0 amide bonds. The molecule has 0 bridgehead atoms. The number of hydrogen-bond acceptors (Lipinski definition) is 7. The van der Waals surface area contributed by atoms with Crippen LogP contribution in [0, 0.1) is 0 Å². The topological polar surface area (TPSA) is 91.5 Å². The highest BCUT2D eigenvalue weighted by Gasteiger charge is 2.17. The molecule has 4 rings (SSSR count). The van der Waals surface area contributed by atoms with Crippen molar-refractivity contribution in [1.29, 1.82) is 0 Å². The summed E-state index contributed by atoms with van der Waals surface area (Å²) in [5.41, 5.74) is 1.39. The van der Waals surface area contributed by atoms with Crippen LogP contribution >= 0.6 is 11.6 Å². The van der Waals surface area contributed by atoms with Gasteiger partial charge in [0, 0.05) is 18.3 Å². The summed E-state index contributed by atoms with van der Waals surface area (Å²) in [6.45, 7) is 0. The van der Waals surface area contributed by atoms with Crippen molar-refractivity contribution in [2.24, 2.45) is 0 Å². The molecule has 0 aliphatic carbocycles. The molecule has 0 unspecified atom stereocenters. The van der Waals surface area contributed by atoms with Crippen molar-refractivity contribution < 1.29 is 14.3 Å². The van der Waals surface area contributed by atoms with Crippen molar-refractivity contribution in [2.45, 2.75) is 6.42 Å². The van der Waals surface area contributed by atoms with Crippen LogP contribution in [0.2, 0.25) is 5.02 Å². The first-order valence-corrected chi connectivity index (χ1v) is 8.65. The molecule has 9 heteroatoms. The van der Waals surface area contributed by atoms with E-state index in [0.29, 0.717) is 39.3 Å². The lowest BCUT2D eigenvalue weighted by atomic mass is 10.1. The Kier molecular flexibility index (Phi) is 4.86. The average molecular weight is 396 g/mol. The Balaban J connectivity index is 1.67. The van der Waals surface area contributed by atoms with E-state index < -0.39 is 0 Å². The van der Waals surface area contributed by atoms with Crippen LogP contribution < -0.4 is 9.47 Å². The van der Waals surface area contributed by atoms with Gasteiger partial charge >= 0.3 is 0 Å². The normalized spacial score (nSPS) is 10.8. The second-order valence-electron chi connectivity index (χ2n) is 5.83. The lowest BCUT2D eigenvalue weighted by molar-refractivity contribution is 0.0992. The molecule has 0 N–H and O–H groups in total. The van der Waals surface area contributed by atoms with Gasteiger partial charge in [-0.25, -0.2) is 14.5 Å². The van der Waals surface area contributed by atoms with E-state index in [2.05, 4.69) is 20.1 Å². The fraction of sp³-hybridized carbons (Fsp3) is 0.105. The summed E-state index contributed by atoms with van der Waals surface area (Å²) in [4.78, 5) is 25.4. The number of nitrogens with zero attached hydrogens (tertiary/aromatic N) is 5. The maximum atomic E-state index is 12.9. The number of ketones is 1. The quantitative estimate of drug-likeness (QED) is 0.462. The zero-order valence-corrected chi connectivity index (χ0v) is 15.5. The van der Waals surface area contributed by atoms with Crippen LogP contribution in [0.15, 0.2) is 55.2 Å². The van der Waals surface area contributed by atoms with Gasteiger partial charge in [-0.05, 0) is 12.1 Å². The lowest BCUT2D eigenvalue weighted by Gasteiger charge is -2.09. The Labute approximate surface area is 164 Å². The molecular weight excluding hydrogens is 382 g/mol. The Morgan fingerprint density at radius 1 is 1.21 bits per heavy atom. The van der Waals surface area contributed by atoms with Gasteiger partial charge in [0.05, 0.1) is 42.2 Å². The summed E-state index contributed by atoms with van der Waals surface area (Å²) in [5, 5.41) is 4.56. The van der Waals surface area contributed by atoms with Gasteiger partial charge in [-0.2, -0.15) is 5.10 Å². The van der Waals surface area contributed by atoms with Gasteiger partial charge in [-0.3, -0.25) is 9.78 Å². The van der Waals surface area contributed by atoms with Gasteiger partial charge in [0.25, 0.3) is 0 Å². The zero-order chi connectivity index (χ0) is 19.5. The van der Waals surface area contributed by atoms with E-state index in [0.717, 1.165) is 0 Å². The van der Waals surface area contributed by atoms with Crippen LogP contribution in [-0.2, 0) is 6.42 Å². The summed E-state index contributed by atoms with van der Waals surface area (Å²) in [6, 6.07) is 8.51. The predicted octanol–water partition coefficient (Wildman–Crippen LogP) is 3.40. The van der Waals surface area contributed by atoms with Crippen molar-refractivity contribution in [1.82, 2.24) is 24.6 Å². The average Bonchev–Trinajstić information content (AvgIpc) is 3.16. The molecule has 4 heterocycles. The third-order valence-corrected chi connectivity index (χ3v) is 4.10. The number of methoxy groups -OCH3 is 1. The van der Waals surface area contributed by atoms with Crippen molar-refractivity contribution in [3.63, 3.8) is 0 Å². The molecule has 0 radical (unpaired) electrons. The van der Waals surface area contributed by atoms with Gasteiger partial charge in [0.15, 0.2) is 11.4 Å². The molecule has 140 valence electrons. The maximum absolute atomic E-state index is 12.9. The summed E-state index contributed by atoms with van der Waals surface area (Å²) in [6.07, 6.45) is 6.12. The monoisotopic (exact) mass is 395 g/mol. The molecule has 0 aliphatic rings. The Hall–Kier alpha value is -3.52. The van der Waals surface area contributed by atoms with Crippen LogP contribution in [0.4, 0.5) is 0 Å². The SMILES string of the molecule is COc1cccc(CC(=O)c2cc(Oc3cncc(Cl)c3)cn3ncnc23)n1. The zero-order valence-electron chi connectivity index (χ0n) is 14.7. The molecule has 4 aromatic rings. The van der Waals surface area contributed by atoms with Crippen LogP contribution in [0.3, 0.4) is 0 Å². The largest absolute Gasteiger partial charge is 0.481 e. The van der Waals surface area contributed by atoms with Crippen LogP contribution in [0.1, 0.15) is 16.1 Å². The van der Waals surface area contributed by atoms with Crippen LogP contribution in [0.25, 0.3) is 5.65 Å². The van der Waals surface area contributed by atoms with Gasteiger partial charge in [0.2, 0.25) is 5.88 Å². The minimum absolute atomic E-state index is 0.0852. The van der Waals surface area contributed by atoms with Crippen LogP contribution in [0.5, 0.6) is 17.4 Å². The molecule has 0 spiro atoms. The van der Waals surface area contributed by atoms with E-state index in [1.165, 1.54) is 30.3 Å². The van der Waals surface area contributed by atoms with Crippen molar-refractivity contribution in [3.05, 3.63) is 71.5 Å². The number of ether oxygens (including phenoxy) is 2. The van der Waals surface area contributed by atoms with Gasteiger partial charge in [-0.15, -0.1) is 0 Å². The number of fused-ring (bicyclic) bond motifs is 1. The molecule has 28 heavy (non-hydrogen) atoms. The van der Waals surface area contributed by atoms with Gasteiger partial charge in [-0.1, -0.05) is 17.7 Å². The number of carbonyl (C=O) groups excluding carboxylic acids is 1.